The number of halogens is 1. The van der Waals surface area contributed by atoms with E-state index in [-0.39, 0.29) is 30.5 Å². The van der Waals surface area contributed by atoms with Crippen LogP contribution in [0.2, 0.25) is 0 Å². The predicted molar refractivity (Wildman–Crippen MR) is 143 cm³/mol. The van der Waals surface area contributed by atoms with Gasteiger partial charge in [0.15, 0.2) is 5.76 Å². The van der Waals surface area contributed by atoms with E-state index in [1.165, 1.54) is 0 Å². The van der Waals surface area contributed by atoms with Crippen LogP contribution in [0.1, 0.15) is 31.2 Å². The standard InChI is InChI=1S/C28H32BrN3O4/c1-35-24-12-6-4-10-22(24)30-14-16-31(17-15-30)27(33)19-32-23-11-5-7-13-25(23)36-26(28(32)34)18-20-8-2-3-9-21(20)29/h2-4,6,8-10,12,18,23,25H,5,7,11,13-17,19H2,1H3/b26-18+. The number of para-hydroxylation sites is 2. The fourth-order valence-corrected chi connectivity index (χ4v) is 5.83. The van der Waals surface area contributed by atoms with Crippen molar-refractivity contribution >= 4 is 39.5 Å². The van der Waals surface area contributed by atoms with Crippen molar-refractivity contribution in [3.63, 3.8) is 0 Å². The van der Waals surface area contributed by atoms with Gasteiger partial charge < -0.3 is 24.2 Å². The SMILES string of the molecule is COc1ccccc1N1CCN(C(=O)CN2C(=O)/C(=C\c3ccccc3Br)OC3CCCCC32)CC1. The summed E-state index contributed by atoms with van der Waals surface area (Å²) in [6, 6.07) is 15.7. The molecule has 0 bridgehead atoms. The molecule has 0 radical (unpaired) electrons. The Labute approximate surface area is 220 Å². The zero-order valence-electron chi connectivity index (χ0n) is 20.6. The molecule has 0 N–H and O–H groups in total. The Morgan fingerprint density at radius 3 is 2.56 bits per heavy atom. The molecule has 3 aliphatic rings. The van der Waals surface area contributed by atoms with Gasteiger partial charge in [-0.2, -0.15) is 0 Å². The molecule has 1 saturated carbocycles. The summed E-state index contributed by atoms with van der Waals surface area (Å²) in [5.74, 6) is 0.951. The van der Waals surface area contributed by atoms with Crippen molar-refractivity contribution in [3.8, 4) is 5.75 Å². The molecule has 2 saturated heterocycles. The first-order chi connectivity index (χ1) is 17.5. The molecular formula is C28H32BrN3O4. The minimum absolute atomic E-state index is 0.00510. The number of carbonyl (C=O) groups is 2. The number of anilines is 1. The monoisotopic (exact) mass is 553 g/mol. The van der Waals surface area contributed by atoms with E-state index < -0.39 is 0 Å². The van der Waals surface area contributed by atoms with Gasteiger partial charge in [-0.25, -0.2) is 0 Å². The third-order valence-corrected chi connectivity index (χ3v) is 8.10. The molecule has 2 atom stereocenters. The number of nitrogens with zero attached hydrogens (tertiary/aromatic N) is 3. The van der Waals surface area contributed by atoms with Crippen LogP contribution in [0.4, 0.5) is 5.69 Å². The summed E-state index contributed by atoms with van der Waals surface area (Å²) in [5.41, 5.74) is 1.93. The molecule has 0 aromatic heterocycles. The second-order valence-electron chi connectivity index (χ2n) is 9.51. The van der Waals surface area contributed by atoms with Crippen molar-refractivity contribution < 1.29 is 19.1 Å². The third kappa shape index (κ3) is 5.09. The van der Waals surface area contributed by atoms with Crippen LogP contribution in [0.3, 0.4) is 0 Å². The fourth-order valence-electron chi connectivity index (χ4n) is 5.43. The number of piperazine rings is 1. The Bertz CT molecular complexity index is 1150. The van der Waals surface area contributed by atoms with Crippen LogP contribution in [0.25, 0.3) is 6.08 Å². The van der Waals surface area contributed by atoms with Gasteiger partial charge in [0.05, 0.1) is 18.8 Å². The molecule has 2 aromatic carbocycles. The van der Waals surface area contributed by atoms with E-state index in [1.54, 1.807) is 18.1 Å². The highest BCUT2D eigenvalue weighted by molar-refractivity contribution is 9.10. The summed E-state index contributed by atoms with van der Waals surface area (Å²) in [4.78, 5) is 32.8. The smallest absolute Gasteiger partial charge is 0.289 e. The molecule has 3 fully saturated rings. The van der Waals surface area contributed by atoms with E-state index in [9.17, 15) is 9.59 Å². The van der Waals surface area contributed by atoms with E-state index in [0.29, 0.717) is 18.8 Å². The summed E-state index contributed by atoms with van der Waals surface area (Å²) in [6.07, 6.45) is 5.61. The van der Waals surface area contributed by atoms with Crippen molar-refractivity contribution in [2.24, 2.45) is 0 Å². The topological polar surface area (TPSA) is 62.3 Å². The number of fused-ring (bicyclic) bond motifs is 1. The van der Waals surface area contributed by atoms with Crippen molar-refractivity contribution in [1.29, 1.82) is 0 Å². The molecule has 0 spiro atoms. The molecule has 1 aliphatic carbocycles. The first-order valence-electron chi connectivity index (χ1n) is 12.6. The van der Waals surface area contributed by atoms with Crippen molar-refractivity contribution in [3.05, 3.63) is 64.3 Å². The summed E-state index contributed by atoms with van der Waals surface area (Å²) in [7, 11) is 1.68. The van der Waals surface area contributed by atoms with Crippen molar-refractivity contribution in [2.45, 2.75) is 37.8 Å². The second-order valence-corrected chi connectivity index (χ2v) is 10.4. The maximum Gasteiger partial charge on any atom is 0.289 e. The molecule has 2 aliphatic heterocycles. The molecule has 36 heavy (non-hydrogen) atoms. The Morgan fingerprint density at radius 1 is 1.06 bits per heavy atom. The Kier molecular flexibility index (Phi) is 7.51. The molecule has 2 unspecified atom stereocenters. The lowest BCUT2D eigenvalue weighted by Gasteiger charge is -2.45. The zero-order valence-corrected chi connectivity index (χ0v) is 22.2. The van der Waals surface area contributed by atoms with Gasteiger partial charge in [-0.15, -0.1) is 0 Å². The lowest BCUT2D eigenvalue weighted by Crippen LogP contribution is -2.58. The molecule has 2 aromatic rings. The van der Waals surface area contributed by atoms with Crippen molar-refractivity contribution in [2.75, 3.05) is 44.7 Å². The number of hydrogen-bond donors (Lipinski definition) is 0. The fraction of sp³-hybridized carbons (Fsp3) is 0.429. The van der Waals surface area contributed by atoms with Crippen LogP contribution < -0.4 is 9.64 Å². The minimum atomic E-state index is -0.199. The van der Waals surface area contributed by atoms with E-state index >= 15 is 0 Å². The van der Waals surface area contributed by atoms with Gasteiger partial charge in [-0.3, -0.25) is 9.59 Å². The second kappa shape index (κ2) is 10.9. The number of morpholine rings is 1. The third-order valence-electron chi connectivity index (χ3n) is 7.37. The van der Waals surface area contributed by atoms with Gasteiger partial charge in [0, 0.05) is 30.7 Å². The zero-order chi connectivity index (χ0) is 25.1. The maximum absolute atomic E-state index is 13.5. The number of rotatable bonds is 5. The van der Waals surface area contributed by atoms with Crippen LogP contribution in [0.5, 0.6) is 5.75 Å². The Balaban J connectivity index is 1.29. The highest BCUT2D eigenvalue weighted by Crippen LogP contribution is 2.34. The van der Waals surface area contributed by atoms with Crippen molar-refractivity contribution in [1.82, 2.24) is 9.80 Å². The van der Waals surface area contributed by atoms with Gasteiger partial charge in [0.25, 0.3) is 5.91 Å². The van der Waals surface area contributed by atoms with Crippen LogP contribution in [0.15, 0.2) is 58.8 Å². The molecule has 190 valence electrons. The molecular weight excluding hydrogens is 522 g/mol. The summed E-state index contributed by atoms with van der Waals surface area (Å²) >= 11 is 3.55. The van der Waals surface area contributed by atoms with Crippen LogP contribution in [-0.4, -0.2) is 73.6 Å². The quantitative estimate of drug-likeness (QED) is 0.516. The first-order valence-corrected chi connectivity index (χ1v) is 13.4. The van der Waals surface area contributed by atoms with E-state index in [2.05, 4.69) is 20.8 Å². The van der Waals surface area contributed by atoms with E-state index in [0.717, 1.165) is 60.2 Å². The van der Waals surface area contributed by atoms with Gasteiger partial charge in [-0.1, -0.05) is 52.7 Å². The summed E-state index contributed by atoms with van der Waals surface area (Å²) < 4.78 is 12.6. The average molecular weight is 554 g/mol. The average Bonchev–Trinajstić information content (AvgIpc) is 2.92. The van der Waals surface area contributed by atoms with Crippen LogP contribution in [-0.2, 0) is 14.3 Å². The number of methoxy groups -OCH3 is 1. The van der Waals surface area contributed by atoms with Gasteiger partial charge in [0.2, 0.25) is 5.91 Å². The molecule has 7 nitrogen and oxygen atoms in total. The number of amides is 2. The Morgan fingerprint density at radius 2 is 1.78 bits per heavy atom. The lowest BCUT2D eigenvalue weighted by atomic mass is 9.89. The predicted octanol–water partition coefficient (Wildman–Crippen LogP) is 4.32. The normalized spacial score (nSPS) is 23.3. The number of hydrogen-bond acceptors (Lipinski definition) is 5. The highest BCUT2D eigenvalue weighted by atomic mass is 79.9. The lowest BCUT2D eigenvalue weighted by molar-refractivity contribution is -0.154. The number of benzene rings is 2. The van der Waals surface area contributed by atoms with E-state index in [4.69, 9.17) is 9.47 Å². The Hall–Kier alpha value is -3.00. The van der Waals surface area contributed by atoms with E-state index in [1.807, 2.05) is 53.4 Å². The maximum atomic E-state index is 13.5. The summed E-state index contributed by atoms with van der Waals surface area (Å²) in [6.45, 7) is 2.77. The number of carbonyl (C=O) groups excluding carboxylic acids is 2. The largest absolute Gasteiger partial charge is 0.495 e. The summed E-state index contributed by atoms with van der Waals surface area (Å²) in [5, 5.41) is 0. The van der Waals surface area contributed by atoms with Gasteiger partial charge in [-0.05, 0) is 49.1 Å². The first kappa shape index (κ1) is 24.7. The molecule has 2 heterocycles. The highest BCUT2D eigenvalue weighted by Gasteiger charge is 2.42. The van der Waals surface area contributed by atoms with Crippen LogP contribution in [0, 0.1) is 0 Å². The van der Waals surface area contributed by atoms with Gasteiger partial charge in [0.1, 0.15) is 18.4 Å². The molecule has 2 amide bonds. The van der Waals surface area contributed by atoms with Crippen LogP contribution >= 0.6 is 15.9 Å². The van der Waals surface area contributed by atoms with Gasteiger partial charge >= 0.3 is 0 Å². The minimum Gasteiger partial charge on any atom is -0.495 e. The molecule has 5 rings (SSSR count). The molecule has 8 heteroatoms. The number of ether oxygens (including phenoxy) is 2.